The van der Waals surface area contributed by atoms with Crippen LogP contribution in [0.15, 0.2) is 71.3 Å². The lowest BCUT2D eigenvalue weighted by Crippen LogP contribution is -2.22. The molecule has 0 spiro atoms. The second-order valence-electron chi connectivity index (χ2n) is 8.00. The predicted molar refractivity (Wildman–Crippen MR) is 127 cm³/mol. The first-order valence-corrected chi connectivity index (χ1v) is 11.0. The van der Waals surface area contributed by atoms with Crippen LogP contribution in [0.25, 0.3) is 22.6 Å². The number of pyridine rings is 1. The molecule has 0 radical (unpaired) electrons. The largest absolute Gasteiger partial charge is 0.465 e. The summed E-state index contributed by atoms with van der Waals surface area (Å²) in [6.45, 7) is -0.462. The summed E-state index contributed by atoms with van der Waals surface area (Å²) in [6.07, 6.45) is 5.90. The van der Waals surface area contributed by atoms with Gasteiger partial charge < -0.3 is 14.5 Å². The molecule has 0 fully saturated rings. The fraction of sp³-hybridized carbons (Fsp3) is 0.148. The van der Waals surface area contributed by atoms with Crippen LogP contribution in [-0.4, -0.2) is 23.5 Å². The molecule has 6 nitrogen and oxygen atoms in total. The first-order chi connectivity index (χ1) is 16.6. The van der Waals surface area contributed by atoms with Gasteiger partial charge in [0.05, 0.1) is 23.0 Å². The van der Waals surface area contributed by atoms with Gasteiger partial charge in [0.1, 0.15) is 11.6 Å². The topological polar surface area (TPSA) is 81.4 Å². The van der Waals surface area contributed by atoms with Gasteiger partial charge in [-0.3, -0.25) is 4.79 Å². The van der Waals surface area contributed by atoms with Gasteiger partial charge in [-0.05, 0) is 78.9 Å². The standard InChI is InChI=1S/C27H21FN2O4/c28-18-10-12-19(13-11-18)29-24(31)16-34-27(32)25-21-7-1-2-9-23(21)30-26-17(5-3-8-22(25)26)15-20-6-4-14-33-20/h1-2,4,6-7,9-15H,3,5,8,16H2,(H,29,31)/b17-15+. The maximum absolute atomic E-state index is 13.2. The maximum atomic E-state index is 13.2. The van der Waals surface area contributed by atoms with Crippen LogP contribution in [0.4, 0.5) is 10.1 Å². The van der Waals surface area contributed by atoms with Gasteiger partial charge in [-0.2, -0.15) is 0 Å². The Balaban J connectivity index is 1.44. The third kappa shape index (κ3) is 4.45. The van der Waals surface area contributed by atoms with Gasteiger partial charge in [-0.15, -0.1) is 0 Å². The monoisotopic (exact) mass is 456 g/mol. The van der Waals surface area contributed by atoms with Crippen molar-refractivity contribution in [3.8, 4) is 0 Å². The summed E-state index contributed by atoms with van der Waals surface area (Å²) >= 11 is 0. The highest BCUT2D eigenvalue weighted by atomic mass is 19.1. The zero-order valence-corrected chi connectivity index (χ0v) is 18.2. The molecule has 1 N–H and O–H groups in total. The summed E-state index contributed by atoms with van der Waals surface area (Å²) in [5.41, 5.74) is 4.08. The van der Waals surface area contributed by atoms with Gasteiger partial charge in [-0.25, -0.2) is 14.2 Å². The van der Waals surface area contributed by atoms with Crippen molar-refractivity contribution >= 4 is 40.1 Å². The zero-order chi connectivity index (χ0) is 23.5. The van der Waals surface area contributed by atoms with Crippen molar-refractivity contribution in [2.45, 2.75) is 19.3 Å². The lowest BCUT2D eigenvalue weighted by atomic mass is 9.86. The van der Waals surface area contributed by atoms with E-state index in [1.165, 1.54) is 24.3 Å². The number of nitrogens with one attached hydrogen (secondary N) is 1. The minimum atomic E-state index is -0.580. The van der Waals surface area contributed by atoms with E-state index in [4.69, 9.17) is 14.1 Å². The molecule has 0 aliphatic heterocycles. The summed E-state index contributed by atoms with van der Waals surface area (Å²) < 4.78 is 24.0. The van der Waals surface area contributed by atoms with E-state index >= 15 is 0 Å². The molecule has 2 heterocycles. The number of hydrogen-bond donors (Lipinski definition) is 1. The van der Waals surface area contributed by atoms with E-state index in [0.717, 1.165) is 35.4 Å². The van der Waals surface area contributed by atoms with Crippen LogP contribution in [0.3, 0.4) is 0 Å². The van der Waals surface area contributed by atoms with Gasteiger partial charge in [-0.1, -0.05) is 18.2 Å². The quantitative estimate of drug-likeness (QED) is 0.393. The van der Waals surface area contributed by atoms with E-state index in [1.54, 1.807) is 6.26 Å². The first-order valence-electron chi connectivity index (χ1n) is 11.0. The number of furan rings is 1. The third-order valence-corrected chi connectivity index (χ3v) is 5.70. The Morgan fingerprint density at radius 2 is 1.88 bits per heavy atom. The van der Waals surface area contributed by atoms with Crippen LogP contribution >= 0.6 is 0 Å². The number of carbonyl (C=O) groups excluding carboxylic acids is 2. The fourth-order valence-corrected chi connectivity index (χ4v) is 4.19. The Morgan fingerprint density at radius 3 is 2.68 bits per heavy atom. The van der Waals surface area contributed by atoms with Crippen LogP contribution in [-0.2, 0) is 16.0 Å². The Labute approximate surface area is 195 Å². The average Bonchev–Trinajstić information content (AvgIpc) is 3.36. The number of hydrogen-bond acceptors (Lipinski definition) is 5. The van der Waals surface area contributed by atoms with Crippen molar-refractivity contribution in [3.05, 3.63) is 95.3 Å². The highest BCUT2D eigenvalue weighted by Gasteiger charge is 2.26. The normalized spacial score (nSPS) is 14.1. The zero-order valence-electron chi connectivity index (χ0n) is 18.2. The number of anilines is 1. The number of nitrogens with zero attached hydrogens (tertiary/aromatic N) is 1. The predicted octanol–water partition coefficient (Wildman–Crippen LogP) is 5.64. The van der Waals surface area contributed by atoms with Crippen molar-refractivity contribution in [2.75, 3.05) is 11.9 Å². The number of allylic oxidation sites excluding steroid dienone is 1. The summed E-state index contributed by atoms with van der Waals surface area (Å²) in [4.78, 5) is 30.4. The van der Waals surface area contributed by atoms with Crippen LogP contribution < -0.4 is 5.32 Å². The van der Waals surface area contributed by atoms with Crippen molar-refractivity contribution in [3.63, 3.8) is 0 Å². The molecule has 4 aromatic rings. The van der Waals surface area contributed by atoms with Crippen molar-refractivity contribution in [1.82, 2.24) is 4.98 Å². The van der Waals surface area contributed by atoms with E-state index in [-0.39, 0.29) is 0 Å². The third-order valence-electron chi connectivity index (χ3n) is 5.70. The number of carbonyl (C=O) groups is 2. The summed E-state index contributed by atoms with van der Waals surface area (Å²) in [7, 11) is 0. The lowest BCUT2D eigenvalue weighted by molar-refractivity contribution is -0.119. The molecule has 1 aliphatic carbocycles. The molecule has 7 heteroatoms. The van der Waals surface area contributed by atoms with Gasteiger partial charge in [0.2, 0.25) is 0 Å². The Morgan fingerprint density at radius 1 is 1.06 bits per heavy atom. The molecule has 0 bridgehead atoms. The SMILES string of the molecule is O=C(COC(=O)c1c2c(nc3ccccc13)/C(=C/c1ccco1)CCC2)Nc1ccc(F)cc1. The second-order valence-corrected chi connectivity index (χ2v) is 8.00. The number of halogens is 1. The molecule has 0 saturated carbocycles. The number of fused-ring (bicyclic) bond motifs is 2. The first kappa shape index (κ1) is 21.6. The van der Waals surface area contributed by atoms with Crippen molar-refractivity contribution < 1.29 is 23.1 Å². The number of rotatable bonds is 5. The summed E-state index contributed by atoms with van der Waals surface area (Å²) in [5, 5.41) is 3.28. The van der Waals surface area contributed by atoms with Gasteiger partial charge in [0.15, 0.2) is 6.61 Å². The molecule has 5 rings (SSSR count). The molecule has 1 amide bonds. The van der Waals surface area contributed by atoms with Crippen molar-refractivity contribution in [1.29, 1.82) is 0 Å². The number of para-hydroxylation sites is 1. The van der Waals surface area contributed by atoms with E-state index in [2.05, 4.69) is 5.32 Å². The molecule has 2 aromatic carbocycles. The fourth-order valence-electron chi connectivity index (χ4n) is 4.19. The number of benzene rings is 2. The molecule has 34 heavy (non-hydrogen) atoms. The van der Waals surface area contributed by atoms with Crippen LogP contribution in [0.1, 0.15) is 40.2 Å². The summed E-state index contributed by atoms with van der Waals surface area (Å²) in [5.74, 6) is -0.771. The highest BCUT2D eigenvalue weighted by molar-refractivity contribution is 6.07. The minimum absolute atomic E-state index is 0.403. The van der Waals surface area contributed by atoms with E-state index in [0.29, 0.717) is 28.6 Å². The number of amides is 1. The number of aromatic nitrogens is 1. The summed E-state index contributed by atoms with van der Waals surface area (Å²) in [6, 6.07) is 16.5. The van der Waals surface area contributed by atoms with Gasteiger partial charge in [0.25, 0.3) is 5.91 Å². The maximum Gasteiger partial charge on any atom is 0.339 e. The van der Waals surface area contributed by atoms with Gasteiger partial charge >= 0.3 is 5.97 Å². The Hall–Kier alpha value is -4.26. The molecular weight excluding hydrogens is 435 g/mol. The lowest BCUT2D eigenvalue weighted by Gasteiger charge is -2.22. The minimum Gasteiger partial charge on any atom is -0.465 e. The number of esters is 1. The molecule has 0 unspecified atom stereocenters. The Kier molecular flexibility index (Phi) is 5.91. The molecule has 0 atom stereocenters. The van der Waals surface area contributed by atoms with Crippen LogP contribution in [0.5, 0.6) is 0 Å². The number of ether oxygens (including phenoxy) is 1. The van der Waals surface area contributed by atoms with Gasteiger partial charge in [0, 0.05) is 11.1 Å². The van der Waals surface area contributed by atoms with Crippen molar-refractivity contribution in [2.24, 2.45) is 0 Å². The molecule has 2 aromatic heterocycles. The molecular formula is C27H21FN2O4. The second kappa shape index (κ2) is 9.31. The van der Waals surface area contributed by atoms with E-state index < -0.39 is 24.3 Å². The molecule has 170 valence electrons. The molecule has 1 aliphatic rings. The average molecular weight is 456 g/mol. The van der Waals surface area contributed by atoms with Crippen LogP contribution in [0.2, 0.25) is 0 Å². The Bertz CT molecular complexity index is 1390. The van der Waals surface area contributed by atoms with E-state index in [1.807, 2.05) is 42.5 Å². The molecule has 0 saturated heterocycles. The van der Waals surface area contributed by atoms with Crippen LogP contribution in [0, 0.1) is 5.82 Å². The van der Waals surface area contributed by atoms with E-state index in [9.17, 15) is 14.0 Å². The highest BCUT2D eigenvalue weighted by Crippen LogP contribution is 2.36. The smallest absolute Gasteiger partial charge is 0.339 e.